The van der Waals surface area contributed by atoms with Crippen LogP contribution in [0.15, 0.2) is 18.2 Å². The SMILES string of the molecule is Cc1nn(C(F)F)c(C)c1CC(=O)N1CCCc2cc(C(F)(F)F)ccc21. The quantitative estimate of drug-likeness (QED) is 0.731. The predicted octanol–water partition coefficient (Wildman–Crippen LogP) is 4.44. The zero-order valence-corrected chi connectivity index (χ0v) is 14.8. The van der Waals surface area contributed by atoms with E-state index in [2.05, 4.69) is 5.10 Å². The fourth-order valence-electron chi connectivity index (χ4n) is 3.42. The minimum atomic E-state index is -4.45. The Balaban J connectivity index is 1.88. The number of halogens is 5. The number of nitrogens with zero attached hydrogens (tertiary/aromatic N) is 3. The van der Waals surface area contributed by atoms with Crippen molar-refractivity contribution in [1.29, 1.82) is 0 Å². The van der Waals surface area contributed by atoms with Gasteiger partial charge in [-0.25, -0.2) is 4.68 Å². The summed E-state index contributed by atoms with van der Waals surface area (Å²) in [6.45, 7) is 0.588. The van der Waals surface area contributed by atoms with Gasteiger partial charge in [0.1, 0.15) is 0 Å². The van der Waals surface area contributed by atoms with Gasteiger partial charge in [-0.2, -0.15) is 27.1 Å². The van der Waals surface area contributed by atoms with Crippen LogP contribution >= 0.6 is 0 Å². The van der Waals surface area contributed by atoms with Gasteiger partial charge in [0.2, 0.25) is 5.91 Å². The van der Waals surface area contributed by atoms with Gasteiger partial charge in [0.15, 0.2) is 0 Å². The molecule has 0 fully saturated rings. The summed E-state index contributed by atoms with van der Waals surface area (Å²) in [6, 6.07) is 3.33. The van der Waals surface area contributed by atoms with Gasteiger partial charge in [0.05, 0.1) is 17.7 Å². The number of alkyl halides is 5. The molecule has 1 aliphatic rings. The lowest BCUT2D eigenvalue weighted by molar-refractivity contribution is -0.137. The van der Waals surface area contributed by atoms with Crippen LogP contribution in [0, 0.1) is 13.8 Å². The van der Waals surface area contributed by atoms with Crippen molar-refractivity contribution >= 4 is 11.6 Å². The standard InChI is InChI=1S/C18H18F5N3O/c1-10-14(11(2)26(24-10)17(19)20)9-16(27)25-7-3-4-12-8-13(18(21,22)23)5-6-15(12)25/h5-6,8,17H,3-4,7,9H2,1-2H3. The molecule has 27 heavy (non-hydrogen) atoms. The second kappa shape index (κ2) is 6.94. The highest BCUT2D eigenvalue weighted by atomic mass is 19.4. The molecule has 0 bridgehead atoms. The van der Waals surface area contributed by atoms with Crippen molar-refractivity contribution in [2.45, 2.75) is 45.8 Å². The fourth-order valence-corrected chi connectivity index (χ4v) is 3.42. The lowest BCUT2D eigenvalue weighted by atomic mass is 9.98. The molecule has 146 valence electrons. The van der Waals surface area contributed by atoms with Gasteiger partial charge < -0.3 is 4.90 Å². The van der Waals surface area contributed by atoms with Gasteiger partial charge in [-0.05, 0) is 50.5 Å². The summed E-state index contributed by atoms with van der Waals surface area (Å²) in [5.41, 5.74) is 1.11. The first-order valence-corrected chi connectivity index (χ1v) is 8.43. The van der Waals surface area contributed by atoms with E-state index >= 15 is 0 Å². The molecular weight excluding hydrogens is 369 g/mol. The molecule has 1 aromatic heterocycles. The van der Waals surface area contributed by atoms with Crippen LogP contribution in [0.1, 0.15) is 41.0 Å². The highest BCUT2D eigenvalue weighted by molar-refractivity contribution is 5.96. The Kier molecular flexibility index (Phi) is 4.96. The van der Waals surface area contributed by atoms with E-state index in [9.17, 15) is 26.7 Å². The smallest absolute Gasteiger partial charge is 0.312 e. The maximum Gasteiger partial charge on any atom is 0.416 e. The number of rotatable bonds is 3. The third-order valence-electron chi connectivity index (χ3n) is 4.81. The summed E-state index contributed by atoms with van der Waals surface area (Å²) in [5.74, 6) is -0.351. The number of hydrogen-bond donors (Lipinski definition) is 0. The molecule has 1 aromatic carbocycles. The second-order valence-electron chi connectivity index (χ2n) is 6.54. The molecule has 0 atom stereocenters. The summed E-state index contributed by atoms with van der Waals surface area (Å²) in [7, 11) is 0. The second-order valence-corrected chi connectivity index (χ2v) is 6.54. The van der Waals surface area contributed by atoms with Gasteiger partial charge in [0, 0.05) is 23.5 Å². The van der Waals surface area contributed by atoms with Crippen LogP contribution < -0.4 is 4.90 Å². The normalized spacial score (nSPS) is 14.6. The molecule has 3 rings (SSSR count). The van der Waals surface area contributed by atoms with Crippen LogP contribution in [-0.4, -0.2) is 22.2 Å². The van der Waals surface area contributed by atoms with Gasteiger partial charge in [0.25, 0.3) is 0 Å². The van der Waals surface area contributed by atoms with Crippen LogP contribution in [0.5, 0.6) is 0 Å². The molecule has 0 saturated heterocycles. The number of anilines is 1. The van der Waals surface area contributed by atoms with E-state index in [-0.39, 0.29) is 18.0 Å². The maximum absolute atomic E-state index is 13.0. The van der Waals surface area contributed by atoms with E-state index in [1.165, 1.54) is 17.9 Å². The topological polar surface area (TPSA) is 38.1 Å². The van der Waals surface area contributed by atoms with Gasteiger partial charge >= 0.3 is 12.7 Å². The Labute approximate surface area is 152 Å². The number of hydrogen-bond acceptors (Lipinski definition) is 2. The van der Waals surface area contributed by atoms with Crippen molar-refractivity contribution in [3.05, 3.63) is 46.3 Å². The van der Waals surface area contributed by atoms with Gasteiger partial charge in [-0.1, -0.05) is 0 Å². The number of aromatic nitrogens is 2. The number of carbonyl (C=O) groups is 1. The first-order chi connectivity index (χ1) is 12.6. The van der Waals surface area contributed by atoms with Gasteiger partial charge in [-0.15, -0.1) is 0 Å². The summed E-state index contributed by atoms with van der Waals surface area (Å²) < 4.78 is 65.2. The molecule has 0 spiro atoms. The molecule has 1 aliphatic heterocycles. The third kappa shape index (κ3) is 3.68. The number of aryl methyl sites for hydroxylation is 2. The van der Waals surface area contributed by atoms with E-state index in [0.29, 0.717) is 46.6 Å². The molecule has 0 radical (unpaired) electrons. The molecule has 4 nitrogen and oxygen atoms in total. The molecule has 0 N–H and O–H groups in total. The monoisotopic (exact) mass is 387 g/mol. The molecular formula is C18H18F5N3O. The summed E-state index contributed by atoms with van der Waals surface area (Å²) in [6.07, 6.45) is -3.59. The van der Waals surface area contributed by atoms with Crippen LogP contribution in [0.4, 0.5) is 27.6 Å². The van der Waals surface area contributed by atoms with E-state index < -0.39 is 18.3 Å². The minimum absolute atomic E-state index is 0.134. The third-order valence-corrected chi connectivity index (χ3v) is 4.81. The average Bonchev–Trinajstić information content (AvgIpc) is 2.88. The first kappa shape index (κ1) is 19.3. The fraction of sp³-hybridized carbons (Fsp3) is 0.444. The van der Waals surface area contributed by atoms with Crippen molar-refractivity contribution in [3.8, 4) is 0 Å². The minimum Gasteiger partial charge on any atom is -0.312 e. The molecule has 9 heteroatoms. The zero-order chi connectivity index (χ0) is 19.9. The lowest BCUT2D eigenvalue weighted by Crippen LogP contribution is -2.36. The number of amides is 1. The van der Waals surface area contributed by atoms with Crippen molar-refractivity contribution in [2.24, 2.45) is 0 Å². The van der Waals surface area contributed by atoms with Crippen LogP contribution in [0.25, 0.3) is 0 Å². The van der Waals surface area contributed by atoms with Crippen molar-refractivity contribution < 1.29 is 26.7 Å². The van der Waals surface area contributed by atoms with Crippen molar-refractivity contribution in [1.82, 2.24) is 9.78 Å². The largest absolute Gasteiger partial charge is 0.416 e. The lowest BCUT2D eigenvalue weighted by Gasteiger charge is -2.30. The Morgan fingerprint density at radius 3 is 2.56 bits per heavy atom. The first-order valence-electron chi connectivity index (χ1n) is 8.43. The molecule has 0 saturated carbocycles. The van der Waals surface area contributed by atoms with Crippen LogP contribution in [0.2, 0.25) is 0 Å². The van der Waals surface area contributed by atoms with E-state index in [1.807, 2.05) is 0 Å². The summed E-state index contributed by atoms with van der Waals surface area (Å²) >= 11 is 0. The number of fused-ring (bicyclic) bond motifs is 1. The van der Waals surface area contributed by atoms with E-state index in [4.69, 9.17) is 0 Å². The van der Waals surface area contributed by atoms with Gasteiger partial charge in [-0.3, -0.25) is 4.79 Å². The van der Waals surface area contributed by atoms with E-state index in [0.717, 1.165) is 12.1 Å². The molecule has 2 aromatic rings. The number of carbonyl (C=O) groups excluding carboxylic acids is 1. The Hall–Kier alpha value is -2.45. The highest BCUT2D eigenvalue weighted by Crippen LogP contribution is 2.35. The van der Waals surface area contributed by atoms with Crippen molar-refractivity contribution in [2.75, 3.05) is 11.4 Å². The van der Waals surface area contributed by atoms with Crippen LogP contribution in [0.3, 0.4) is 0 Å². The summed E-state index contributed by atoms with van der Waals surface area (Å²) in [4.78, 5) is 14.2. The van der Waals surface area contributed by atoms with Crippen LogP contribution in [-0.2, 0) is 23.8 Å². The highest BCUT2D eigenvalue weighted by Gasteiger charge is 2.33. The number of benzene rings is 1. The molecule has 2 heterocycles. The predicted molar refractivity (Wildman–Crippen MR) is 88.8 cm³/mol. The Morgan fingerprint density at radius 2 is 1.96 bits per heavy atom. The average molecular weight is 387 g/mol. The molecule has 0 aliphatic carbocycles. The zero-order valence-electron chi connectivity index (χ0n) is 14.8. The Bertz CT molecular complexity index is 873. The van der Waals surface area contributed by atoms with Crippen molar-refractivity contribution in [3.63, 3.8) is 0 Å². The Morgan fingerprint density at radius 1 is 1.26 bits per heavy atom. The summed E-state index contributed by atoms with van der Waals surface area (Å²) in [5, 5.41) is 3.76. The molecule has 0 unspecified atom stereocenters. The van der Waals surface area contributed by atoms with E-state index in [1.54, 1.807) is 6.92 Å². The molecule has 1 amide bonds. The maximum atomic E-state index is 13.0.